The van der Waals surface area contributed by atoms with E-state index in [-0.39, 0.29) is 50.9 Å². The van der Waals surface area contributed by atoms with Crippen molar-refractivity contribution in [3.63, 3.8) is 0 Å². The standard InChI is InChI=1S/C66H112N12O15/c1-61(2,3)88-55(81)72-48(32-22-25-37-70-53(74-57(83)90-63(7,8)9)75-58(84)91-64(10,11)12)51(79)68-39-27-41-78(43-44-87-50-35-34-45(29-21-24-36-67)46-30-19-20-31-47(46)50)42-28-40-69-52(80)49(73-56(82)89-62(4,5)6)33-23-26-38-71-54(76-59(85)92-65(13,14)15)77-60(86)93-66(16,17)18/h19-20,30-31,34-35,48-49H,21-29,32-33,36-44,67H2,1-18H3,(H,68,79)(H,69,80)(H,72,81)(H,73,82)(H2,70,74,75,83,84)(H2,71,76,77,85,86)/t48-,49-/m1/s1. The van der Waals surface area contributed by atoms with Gasteiger partial charge in [-0.05, 0) is 232 Å². The van der Waals surface area contributed by atoms with Crippen LogP contribution in [0.1, 0.15) is 194 Å². The zero-order valence-corrected chi connectivity index (χ0v) is 58.8. The topological polar surface area (TPSA) is 351 Å². The van der Waals surface area contributed by atoms with Gasteiger partial charge in [-0.25, -0.2) is 28.8 Å². The van der Waals surface area contributed by atoms with E-state index in [1.165, 1.54) is 5.56 Å². The van der Waals surface area contributed by atoms with E-state index >= 15 is 0 Å². The van der Waals surface area contributed by atoms with E-state index < -0.39 is 94.1 Å². The number of hydrogen-bond donors (Lipinski definition) is 9. The molecule has 0 heterocycles. The number of carbonyl (C=O) groups excluding carboxylic acids is 8. The van der Waals surface area contributed by atoms with Crippen molar-refractivity contribution in [3.8, 4) is 5.75 Å². The molecular formula is C66H112N12O15. The predicted octanol–water partition coefficient (Wildman–Crippen LogP) is 9.75. The van der Waals surface area contributed by atoms with Gasteiger partial charge >= 0.3 is 36.6 Å². The highest BCUT2D eigenvalue weighted by molar-refractivity contribution is 6.02. The highest BCUT2D eigenvalue weighted by atomic mass is 16.6. The van der Waals surface area contributed by atoms with E-state index in [9.17, 15) is 38.4 Å². The highest BCUT2D eigenvalue weighted by Gasteiger charge is 2.28. The van der Waals surface area contributed by atoms with Crippen LogP contribution in [0.4, 0.5) is 28.8 Å². The number of alkyl carbamates (subject to hydrolysis) is 6. The summed E-state index contributed by atoms with van der Waals surface area (Å²) in [6, 6.07) is 10.2. The molecule has 0 radical (unpaired) electrons. The fraction of sp³-hybridized carbons (Fsp3) is 0.697. The zero-order chi connectivity index (χ0) is 70.2. The van der Waals surface area contributed by atoms with Crippen LogP contribution in [0.5, 0.6) is 5.75 Å². The Balaban J connectivity index is 2.30. The van der Waals surface area contributed by atoms with Crippen molar-refractivity contribution < 1.29 is 71.5 Å². The highest BCUT2D eigenvalue weighted by Crippen LogP contribution is 2.30. The summed E-state index contributed by atoms with van der Waals surface area (Å²) < 4.78 is 38.9. The van der Waals surface area contributed by atoms with Gasteiger partial charge in [0.25, 0.3) is 0 Å². The Hall–Kier alpha value is -7.68. The normalized spacial score (nSPS) is 12.6. The lowest BCUT2D eigenvalue weighted by Crippen LogP contribution is -2.49. The molecule has 2 atom stereocenters. The van der Waals surface area contributed by atoms with E-state index in [0.29, 0.717) is 71.3 Å². The largest absolute Gasteiger partial charge is 0.492 e. The fourth-order valence-corrected chi connectivity index (χ4v) is 8.59. The van der Waals surface area contributed by atoms with E-state index in [1.807, 2.05) is 24.3 Å². The maximum Gasteiger partial charge on any atom is 0.414 e. The van der Waals surface area contributed by atoms with Crippen molar-refractivity contribution in [1.82, 2.24) is 47.4 Å². The van der Waals surface area contributed by atoms with E-state index in [0.717, 1.165) is 35.8 Å². The van der Waals surface area contributed by atoms with Crippen molar-refractivity contribution in [2.45, 2.75) is 241 Å². The molecule has 526 valence electrons. The average molecular weight is 1310 g/mol. The summed E-state index contributed by atoms with van der Waals surface area (Å²) in [6.07, 6.45) is 0.810. The number of nitrogens with zero attached hydrogens (tertiary/aromatic N) is 3. The molecule has 27 heteroatoms. The molecule has 10 N–H and O–H groups in total. The summed E-state index contributed by atoms with van der Waals surface area (Å²) in [6.45, 7) is 33.8. The predicted molar refractivity (Wildman–Crippen MR) is 359 cm³/mol. The number of benzene rings is 2. The minimum absolute atomic E-state index is 0.111. The van der Waals surface area contributed by atoms with Gasteiger partial charge in [0.1, 0.15) is 58.0 Å². The van der Waals surface area contributed by atoms with E-state index in [4.69, 9.17) is 38.9 Å². The first-order chi connectivity index (χ1) is 43.1. The van der Waals surface area contributed by atoms with Crippen molar-refractivity contribution in [3.05, 3.63) is 42.0 Å². The minimum atomic E-state index is -0.991. The lowest BCUT2D eigenvalue weighted by atomic mass is 9.99. The SMILES string of the molecule is CC(C)(C)OC(=O)NC(=NCCCC[C@@H](NC(=O)OC(C)(C)C)C(=O)NCCCN(CCCNC(=O)[C@@H](CCCCN=C(NC(=O)OC(C)(C)C)NC(=O)OC(C)(C)C)NC(=O)OC(C)(C)C)CCOc1ccc(CCCCN)c2ccccc12)NC(=O)OC(C)(C)C. The van der Waals surface area contributed by atoms with Crippen LogP contribution in [0.3, 0.4) is 0 Å². The molecule has 0 saturated carbocycles. The molecule has 0 aliphatic carbocycles. The molecule has 0 unspecified atom stereocenters. The maximum atomic E-state index is 13.9. The molecule has 0 aliphatic rings. The Kier molecular flexibility index (Phi) is 34.2. The second-order valence-corrected chi connectivity index (χ2v) is 28.4. The number of aryl methyl sites for hydroxylation is 1. The van der Waals surface area contributed by atoms with Crippen LogP contribution in [0.2, 0.25) is 0 Å². The van der Waals surface area contributed by atoms with Crippen molar-refractivity contribution >= 4 is 71.1 Å². The number of amides is 8. The summed E-state index contributed by atoms with van der Waals surface area (Å²) in [7, 11) is 0. The lowest BCUT2D eigenvalue weighted by Gasteiger charge is -2.25. The second-order valence-electron chi connectivity index (χ2n) is 28.4. The van der Waals surface area contributed by atoms with Crippen molar-refractivity contribution in [2.24, 2.45) is 15.7 Å². The number of fused-ring (bicyclic) bond motifs is 1. The van der Waals surface area contributed by atoms with Crippen LogP contribution in [-0.4, -0.2) is 170 Å². The second kappa shape index (κ2) is 39.1. The molecule has 2 aromatic carbocycles. The Morgan fingerprint density at radius 1 is 0.441 bits per heavy atom. The van der Waals surface area contributed by atoms with E-state index in [1.54, 1.807) is 125 Å². The summed E-state index contributed by atoms with van der Waals surface area (Å²) in [4.78, 5) is 115. The first kappa shape index (κ1) is 81.4. The number of carbonyl (C=O) groups is 8. The molecule has 27 nitrogen and oxygen atoms in total. The number of guanidine groups is 2. The Morgan fingerprint density at radius 3 is 1.17 bits per heavy atom. The van der Waals surface area contributed by atoms with Gasteiger partial charge in [-0.1, -0.05) is 30.3 Å². The maximum absolute atomic E-state index is 13.9. The fourth-order valence-electron chi connectivity index (χ4n) is 8.59. The Bertz CT molecular complexity index is 2570. The van der Waals surface area contributed by atoms with Gasteiger partial charge in [-0.15, -0.1) is 0 Å². The molecule has 0 spiro atoms. The minimum Gasteiger partial charge on any atom is -0.492 e. The van der Waals surface area contributed by atoms with Gasteiger partial charge in [0.15, 0.2) is 0 Å². The molecule has 0 saturated heterocycles. The molecule has 0 aliphatic heterocycles. The first-order valence-electron chi connectivity index (χ1n) is 32.3. The van der Waals surface area contributed by atoms with Crippen molar-refractivity contribution in [2.75, 3.05) is 59.0 Å². The number of hydrogen-bond acceptors (Lipinski definition) is 19. The van der Waals surface area contributed by atoms with Gasteiger partial charge in [-0.2, -0.15) is 0 Å². The third kappa shape index (κ3) is 40.1. The van der Waals surface area contributed by atoms with Gasteiger partial charge in [0.2, 0.25) is 23.7 Å². The summed E-state index contributed by atoms with van der Waals surface area (Å²) in [5.41, 5.74) is 2.03. The zero-order valence-electron chi connectivity index (χ0n) is 58.8. The summed E-state index contributed by atoms with van der Waals surface area (Å²) in [5, 5.41) is 23.3. The van der Waals surface area contributed by atoms with Gasteiger partial charge in [0.05, 0.1) is 0 Å². The van der Waals surface area contributed by atoms with Crippen LogP contribution in [0.15, 0.2) is 46.4 Å². The first-order valence-corrected chi connectivity index (χ1v) is 32.3. The molecule has 93 heavy (non-hydrogen) atoms. The quantitative estimate of drug-likeness (QED) is 0.0152. The van der Waals surface area contributed by atoms with Gasteiger partial charge in [0, 0.05) is 38.1 Å². The van der Waals surface area contributed by atoms with Gasteiger partial charge in [-0.3, -0.25) is 45.7 Å². The summed E-state index contributed by atoms with van der Waals surface area (Å²) in [5.74, 6) is -0.497. The van der Waals surface area contributed by atoms with Crippen LogP contribution in [0, 0.1) is 0 Å². The third-order valence-corrected chi connectivity index (χ3v) is 12.3. The number of ether oxygens (including phenoxy) is 7. The van der Waals surface area contributed by atoms with E-state index in [2.05, 4.69) is 69.6 Å². The average Bonchev–Trinajstić information content (AvgIpc) is 0.811. The van der Waals surface area contributed by atoms with Crippen molar-refractivity contribution in [1.29, 1.82) is 0 Å². The smallest absolute Gasteiger partial charge is 0.414 e. The lowest BCUT2D eigenvalue weighted by molar-refractivity contribution is -0.124. The Labute approximate surface area is 551 Å². The van der Waals surface area contributed by atoms with Crippen LogP contribution in [-0.2, 0) is 44.4 Å². The molecule has 2 rings (SSSR count). The molecule has 0 aromatic heterocycles. The van der Waals surface area contributed by atoms with Crippen LogP contribution >= 0.6 is 0 Å². The molecule has 0 fully saturated rings. The number of unbranched alkanes of at least 4 members (excludes halogenated alkanes) is 3. The number of nitrogens with one attached hydrogen (secondary N) is 8. The van der Waals surface area contributed by atoms with Gasteiger partial charge < -0.3 is 60.2 Å². The molecular weight excluding hydrogens is 1200 g/mol. The third-order valence-electron chi connectivity index (χ3n) is 12.3. The number of rotatable bonds is 30. The van der Waals surface area contributed by atoms with Crippen LogP contribution in [0.25, 0.3) is 10.8 Å². The summed E-state index contributed by atoms with van der Waals surface area (Å²) >= 11 is 0. The monoisotopic (exact) mass is 1310 g/mol. The molecule has 8 amide bonds. The molecule has 2 aromatic rings. The Morgan fingerprint density at radius 2 is 0.806 bits per heavy atom. The molecule has 0 bridgehead atoms. The van der Waals surface area contributed by atoms with Crippen LogP contribution < -0.4 is 53.0 Å². The number of nitrogens with two attached hydrogens (primary N) is 1. The number of aliphatic imine (C=N–C) groups is 2.